The van der Waals surface area contributed by atoms with E-state index in [4.69, 9.17) is 9.47 Å². The number of H-pyrrole nitrogens is 1. The zero-order chi connectivity index (χ0) is 22.5. The molecular formula is C23H23N3O5S. The molecule has 3 aromatic rings. The Balaban J connectivity index is 1.40. The largest absolute Gasteiger partial charge is 0.465 e. The molecule has 9 heteroatoms. The van der Waals surface area contributed by atoms with E-state index in [9.17, 15) is 14.4 Å². The number of imidazole rings is 1. The van der Waals surface area contributed by atoms with Gasteiger partial charge in [0.1, 0.15) is 10.8 Å². The van der Waals surface area contributed by atoms with Gasteiger partial charge < -0.3 is 19.8 Å². The zero-order valence-electron chi connectivity index (χ0n) is 17.6. The number of nitrogens with one attached hydrogen (secondary N) is 2. The second kappa shape index (κ2) is 9.78. The van der Waals surface area contributed by atoms with E-state index in [-0.39, 0.29) is 0 Å². The number of fused-ring (bicyclic) bond motifs is 1. The minimum atomic E-state index is -0.610. The van der Waals surface area contributed by atoms with Crippen molar-refractivity contribution in [2.45, 2.75) is 32.1 Å². The first kappa shape index (κ1) is 21.8. The predicted molar refractivity (Wildman–Crippen MR) is 120 cm³/mol. The summed E-state index contributed by atoms with van der Waals surface area (Å²) in [5, 5.41) is 3.18. The second-order valence-electron chi connectivity index (χ2n) is 7.40. The number of amides is 1. The molecule has 0 bridgehead atoms. The minimum absolute atomic E-state index is 0.325. The molecule has 166 valence electrons. The Morgan fingerprint density at radius 2 is 1.88 bits per heavy atom. The van der Waals surface area contributed by atoms with Gasteiger partial charge in [-0.2, -0.15) is 0 Å². The van der Waals surface area contributed by atoms with Crippen molar-refractivity contribution in [3.63, 3.8) is 0 Å². The molecule has 0 saturated heterocycles. The van der Waals surface area contributed by atoms with Gasteiger partial charge in [0.15, 0.2) is 6.61 Å². The minimum Gasteiger partial charge on any atom is -0.465 e. The van der Waals surface area contributed by atoms with E-state index >= 15 is 0 Å². The fourth-order valence-electron chi connectivity index (χ4n) is 3.71. The van der Waals surface area contributed by atoms with Crippen molar-refractivity contribution in [2.75, 3.05) is 19.0 Å². The highest BCUT2D eigenvalue weighted by Gasteiger charge is 2.26. The summed E-state index contributed by atoms with van der Waals surface area (Å²) in [6, 6.07) is 6.72. The molecule has 4 rings (SSSR count). The Labute approximate surface area is 189 Å². The SMILES string of the molecule is COC(=O)c1c(NC(=O)COC(=O)c2ccc(-c3ncc[nH]3)cc2)sc2c1CCCCC2. The highest BCUT2D eigenvalue weighted by Crippen LogP contribution is 2.37. The normalized spacial score (nSPS) is 13.0. The van der Waals surface area contributed by atoms with Gasteiger partial charge in [-0.05, 0) is 43.4 Å². The van der Waals surface area contributed by atoms with Crippen LogP contribution in [-0.4, -0.2) is 41.5 Å². The first-order valence-corrected chi connectivity index (χ1v) is 11.2. The van der Waals surface area contributed by atoms with E-state index in [1.165, 1.54) is 18.4 Å². The second-order valence-corrected chi connectivity index (χ2v) is 8.50. The van der Waals surface area contributed by atoms with Crippen molar-refractivity contribution < 1.29 is 23.9 Å². The van der Waals surface area contributed by atoms with Gasteiger partial charge in [-0.15, -0.1) is 11.3 Å². The molecule has 0 saturated carbocycles. The summed E-state index contributed by atoms with van der Waals surface area (Å²) in [4.78, 5) is 45.4. The standard InChI is InChI=1S/C23H23N3O5S/c1-30-23(29)19-16-5-3-2-4-6-17(16)32-21(19)26-18(27)13-31-22(28)15-9-7-14(8-10-15)20-24-11-12-25-20/h7-12H,2-6,13H2,1H3,(H,24,25)(H,26,27). The van der Waals surface area contributed by atoms with Crippen LogP contribution in [-0.2, 0) is 27.1 Å². The van der Waals surface area contributed by atoms with Crippen LogP contribution in [0.2, 0.25) is 0 Å². The first-order chi connectivity index (χ1) is 15.6. The van der Waals surface area contributed by atoms with E-state index in [2.05, 4.69) is 15.3 Å². The molecule has 0 radical (unpaired) electrons. The highest BCUT2D eigenvalue weighted by molar-refractivity contribution is 7.17. The third-order valence-corrected chi connectivity index (χ3v) is 6.50. The number of hydrogen-bond acceptors (Lipinski definition) is 7. The highest BCUT2D eigenvalue weighted by atomic mass is 32.1. The van der Waals surface area contributed by atoms with Gasteiger partial charge >= 0.3 is 11.9 Å². The number of aromatic amines is 1. The maximum Gasteiger partial charge on any atom is 0.341 e. The summed E-state index contributed by atoms with van der Waals surface area (Å²) < 4.78 is 10.1. The van der Waals surface area contributed by atoms with Gasteiger partial charge in [0.2, 0.25) is 0 Å². The first-order valence-electron chi connectivity index (χ1n) is 10.4. The number of aromatic nitrogens is 2. The molecule has 0 spiro atoms. The van der Waals surface area contributed by atoms with Crippen LogP contribution in [0.15, 0.2) is 36.7 Å². The van der Waals surface area contributed by atoms with Crippen LogP contribution < -0.4 is 5.32 Å². The van der Waals surface area contributed by atoms with Crippen molar-refractivity contribution >= 4 is 34.2 Å². The Kier molecular flexibility index (Phi) is 6.65. The van der Waals surface area contributed by atoms with Gasteiger partial charge in [0.25, 0.3) is 5.91 Å². The number of thiophene rings is 1. The lowest BCUT2D eigenvalue weighted by Crippen LogP contribution is -2.21. The molecule has 0 unspecified atom stereocenters. The number of nitrogens with zero attached hydrogens (tertiary/aromatic N) is 1. The number of benzene rings is 1. The average molecular weight is 454 g/mol. The van der Waals surface area contributed by atoms with Gasteiger partial charge in [-0.25, -0.2) is 14.6 Å². The van der Waals surface area contributed by atoms with Crippen LogP contribution in [0.25, 0.3) is 11.4 Å². The molecule has 0 fully saturated rings. The van der Waals surface area contributed by atoms with Gasteiger partial charge in [0.05, 0.1) is 18.2 Å². The van der Waals surface area contributed by atoms with Crippen molar-refractivity contribution in [3.05, 3.63) is 58.2 Å². The smallest absolute Gasteiger partial charge is 0.341 e. The number of anilines is 1. The molecule has 2 aromatic heterocycles. The number of esters is 2. The van der Waals surface area contributed by atoms with E-state index in [0.717, 1.165) is 48.1 Å². The lowest BCUT2D eigenvalue weighted by atomic mass is 10.1. The maximum atomic E-state index is 12.5. The lowest BCUT2D eigenvalue weighted by molar-refractivity contribution is -0.119. The summed E-state index contributed by atoms with van der Waals surface area (Å²) in [5.41, 5.74) is 2.54. The number of rotatable bonds is 6. The summed E-state index contributed by atoms with van der Waals surface area (Å²) >= 11 is 1.40. The van der Waals surface area contributed by atoms with Crippen LogP contribution in [0, 0.1) is 0 Å². The number of hydrogen-bond donors (Lipinski definition) is 2. The summed E-state index contributed by atoms with van der Waals surface area (Å²) in [6.07, 6.45) is 8.19. The molecule has 8 nitrogen and oxygen atoms in total. The topological polar surface area (TPSA) is 110 Å². The number of ether oxygens (including phenoxy) is 2. The number of carbonyl (C=O) groups is 3. The Bertz CT molecular complexity index is 1120. The lowest BCUT2D eigenvalue weighted by Gasteiger charge is -2.08. The summed E-state index contributed by atoms with van der Waals surface area (Å²) in [7, 11) is 1.33. The van der Waals surface area contributed by atoms with Crippen LogP contribution >= 0.6 is 11.3 Å². The van der Waals surface area contributed by atoms with Gasteiger partial charge in [-0.1, -0.05) is 18.6 Å². The molecule has 1 amide bonds. The molecular weight excluding hydrogens is 430 g/mol. The molecule has 0 aliphatic heterocycles. The Morgan fingerprint density at radius 1 is 1.09 bits per heavy atom. The van der Waals surface area contributed by atoms with E-state index in [1.807, 2.05) is 0 Å². The summed E-state index contributed by atoms with van der Waals surface area (Å²) in [6.45, 7) is -0.456. The fourth-order valence-corrected chi connectivity index (χ4v) is 5.01. The number of methoxy groups -OCH3 is 1. The van der Waals surface area contributed by atoms with Crippen molar-refractivity contribution in [3.8, 4) is 11.4 Å². The molecule has 0 atom stereocenters. The monoisotopic (exact) mass is 453 g/mol. The number of carbonyl (C=O) groups excluding carboxylic acids is 3. The molecule has 1 aliphatic rings. The van der Waals surface area contributed by atoms with Crippen LogP contribution in [0.1, 0.15) is 50.4 Å². The van der Waals surface area contributed by atoms with Crippen LogP contribution in [0.5, 0.6) is 0 Å². The summed E-state index contributed by atoms with van der Waals surface area (Å²) in [5.74, 6) is -0.887. The van der Waals surface area contributed by atoms with E-state index in [0.29, 0.717) is 22.0 Å². The third-order valence-electron chi connectivity index (χ3n) is 5.29. The molecule has 1 aliphatic carbocycles. The van der Waals surface area contributed by atoms with Crippen molar-refractivity contribution in [2.24, 2.45) is 0 Å². The molecule has 2 N–H and O–H groups in total. The molecule has 1 aromatic carbocycles. The third kappa shape index (κ3) is 4.72. The average Bonchev–Trinajstić information content (AvgIpc) is 3.40. The predicted octanol–water partition coefficient (Wildman–Crippen LogP) is 3.99. The Hall–Kier alpha value is -3.46. The van der Waals surface area contributed by atoms with Crippen molar-refractivity contribution in [1.82, 2.24) is 9.97 Å². The van der Waals surface area contributed by atoms with Crippen molar-refractivity contribution in [1.29, 1.82) is 0 Å². The maximum absolute atomic E-state index is 12.5. The van der Waals surface area contributed by atoms with E-state index < -0.39 is 24.5 Å². The van der Waals surface area contributed by atoms with Gasteiger partial charge in [-0.3, -0.25) is 4.79 Å². The molecule has 32 heavy (non-hydrogen) atoms. The molecule has 2 heterocycles. The zero-order valence-corrected chi connectivity index (χ0v) is 18.4. The van der Waals surface area contributed by atoms with E-state index in [1.54, 1.807) is 36.7 Å². The van der Waals surface area contributed by atoms with Crippen LogP contribution in [0.4, 0.5) is 5.00 Å². The quantitative estimate of drug-likeness (QED) is 0.431. The van der Waals surface area contributed by atoms with Crippen LogP contribution in [0.3, 0.4) is 0 Å². The van der Waals surface area contributed by atoms with Gasteiger partial charge in [0, 0.05) is 22.8 Å². The fraction of sp³-hybridized carbons (Fsp3) is 0.304. The Morgan fingerprint density at radius 3 is 2.59 bits per heavy atom. The number of aryl methyl sites for hydroxylation is 1.